The number of nitrogens with zero attached hydrogens (tertiary/aromatic N) is 1. The van der Waals surface area contributed by atoms with Crippen LogP contribution in [0.4, 0.5) is 17.1 Å². The molecule has 6 aromatic carbocycles. The van der Waals surface area contributed by atoms with Crippen molar-refractivity contribution in [3.63, 3.8) is 0 Å². The first-order valence-electron chi connectivity index (χ1n) is 19.9. The van der Waals surface area contributed by atoms with E-state index in [2.05, 4.69) is 167 Å². The van der Waals surface area contributed by atoms with Gasteiger partial charge in [0.15, 0.2) is 0 Å². The van der Waals surface area contributed by atoms with Crippen molar-refractivity contribution in [1.82, 2.24) is 0 Å². The lowest BCUT2D eigenvalue weighted by atomic mass is 9.48. The van der Waals surface area contributed by atoms with Gasteiger partial charge in [-0.25, -0.2) is 0 Å². The van der Waals surface area contributed by atoms with Crippen molar-refractivity contribution in [1.29, 1.82) is 0 Å². The highest BCUT2D eigenvalue weighted by molar-refractivity contribution is 6.00. The maximum Gasteiger partial charge on any atom is 0.0546 e. The zero-order valence-electron chi connectivity index (χ0n) is 31.5. The molecule has 11 rings (SSSR count). The Morgan fingerprint density at radius 2 is 1.06 bits per heavy atom. The molecule has 0 aromatic heterocycles. The van der Waals surface area contributed by atoms with E-state index < -0.39 is 0 Å². The minimum atomic E-state index is -0.0852. The minimum Gasteiger partial charge on any atom is -0.310 e. The Kier molecular flexibility index (Phi) is 7.05. The third-order valence-electron chi connectivity index (χ3n) is 13.7. The molecule has 5 aliphatic rings. The van der Waals surface area contributed by atoms with Crippen molar-refractivity contribution in [2.24, 2.45) is 17.8 Å². The second-order valence-electron chi connectivity index (χ2n) is 18.5. The number of benzene rings is 6. The smallest absolute Gasteiger partial charge is 0.0546 e. The molecule has 6 aromatic rings. The molecule has 0 saturated heterocycles. The maximum absolute atomic E-state index is 2.69. The number of para-hydroxylation sites is 1. The third kappa shape index (κ3) is 4.88. The van der Waals surface area contributed by atoms with E-state index in [4.69, 9.17) is 0 Å². The van der Waals surface area contributed by atoms with Crippen LogP contribution in [0, 0.1) is 17.8 Å². The maximum atomic E-state index is 2.69. The van der Waals surface area contributed by atoms with Crippen LogP contribution in [0.25, 0.3) is 33.0 Å². The quantitative estimate of drug-likeness (QED) is 0.176. The second kappa shape index (κ2) is 11.4. The molecule has 4 fully saturated rings. The normalized spacial score (nSPS) is 23.8. The topological polar surface area (TPSA) is 3.24 Å². The van der Waals surface area contributed by atoms with Gasteiger partial charge in [-0.2, -0.15) is 0 Å². The van der Waals surface area contributed by atoms with E-state index >= 15 is 0 Å². The molecule has 0 heterocycles. The van der Waals surface area contributed by atoms with Crippen molar-refractivity contribution < 1.29 is 0 Å². The molecule has 0 aliphatic heterocycles. The Labute approximate surface area is 310 Å². The van der Waals surface area contributed by atoms with Crippen molar-refractivity contribution in [2.45, 2.75) is 89.4 Å². The Balaban J connectivity index is 1.27. The summed E-state index contributed by atoms with van der Waals surface area (Å²) in [6, 6.07) is 49.1. The van der Waals surface area contributed by atoms with E-state index in [1.807, 2.05) is 0 Å². The minimum absolute atomic E-state index is 0.00911. The molecule has 0 spiro atoms. The van der Waals surface area contributed by atoms with Gasteiger partial charge in [0.1, 0.15) is 0 Å². The zero-order chi connectivity index (χ0) is 35.4. The molecule has 0 radical (unpaired) electrons. The summed E-state index contributed by atoms with van der Waals surface area (Å²) in [5.74, 6) is 2.63. The Bertz CT molecular complexity index is 2330. The molecule has 0 atom stereocenters. The highest BCUT2D eigenvalue weighted by Gasteiger charge is 2.52. The number of rotatable bonds is 5. The van der Waals surface area contributed by atoms with Crippen LogP contribution < -0.4 is 4.90 Å². The summed E-state index contributed by atoms with van der Waals surface area (Å²) in [5, 5.41) is 2.56. The van der Waals surface area contributed by atoms with Crippen LogP contribution in [-0.2, 0) is 16.2 Å². The predicted molar refractivity (Wildman–Crippen MR) is 220 cm³/mol. The lowest BCUT2D eigenvalue weighted by Crippen LogP contribution is -2.48. The molecule has 4 bridgehead atoms. The van der Waals surface area contributed by atoms with Gasteiger partial charge in [0.2, 0.25) is 0 Å². The number of fused-ring (bicyclic) bond motifs is 4. The van der Waals surface area contributed by atoms with E-state index in [1.165, 1.54) is 105 Å². The van der Waals surface area contributed by atoms with E-state index in [0.717, 1.165) is 17.8 Å². The van der Waals surface area contributed by atoms with Crippen molar-refractivity contribution >= 4 is 27.8 Å². The van der Waals surface area contributed by atoms with Crippen LogP contribution in [0.1, 0.15) is 95.4 Å². The molecule has 0 N–H and O–H groups in total. The molecule has 260 valence electrons. The van der Waals surface area contributed by atoms with Gasteiger partial charge in [0.25, 0.3) is 0 Å². The summed E-state index contributed by atoms with van der Waals surface area (Å²) in [5.41, 5.74) is 15.2. The van der Waals surface area contributed by atoms with Crippen LogP contribution in [0.3, 0.4) is 0 Å². The lowest BCUT2D eigenvalue weighted by Gasteiger charge is -2.57. The summed E-state index contributed by atoms with van der Waals surface area (Å²) < 4.78 is 0. The van der Waals surface area contributed by atoms with E-state index in [0.29, 0.717) is 0 Å². The van der Waals surface area contributed by atoms with Gasteiger partial charge in [-0.3, -0.25) is 0 Å². The number of hydrogen-bond acceptors (Lipinski definition) is 1. The molecule has 52 heavy (non-hydrogen) atoms. The standard InChI is InChI=1S/C51H51N/c1-49(2,3)43-18-10-8-17-40(43)42-27-36-14-6-7-15-37(36)28-48(42)52(38-22-23-41-39-16-9-11-19-44(39)50(4,5)46(41)29-38)47-21-13-12-20-45(47)51-30-33-24-34(31-51)26-35(25-33)32-51/h6-23,27-29,33-35H,24-26,30-32H2,1-5H3. The molecular formula is C51H51N. The second-order valence-corrected chi connectivity index (χ2v) is 18.5. The van der Waals surface area contributed by atoms with Gasteiger partial charge in [0.05, 0.1) is 5.69 Å². The van der Waals surface area contributed by atoms with Gasteiger partial charge in [-0.05, 0) is 147 Å². The molecular weight excluding hydrogens is 627 g/mol. The van der Waals surface area contributed by atoms with Crippen LogP contribution in [0.2, 0.25) is 0 Å². The van der Waals surface area contributed by atoms with Gasteiger partial charge in [-0.15, -0.1) is 0 Å². The lowest BCUT2D eigenvalue weighted by molar-refractivity contribution is -0.00491. The molecule has 1 nitrogen and oxygen atoms in total. The highest BCUT2D eigenvalue weighted by Crippen LogP contribution is 2.63. The first-order valence-corrected chi connectivity index (χ1v) is 19.9. The van der Waals surface area contributed by atoms with Gasteiger partial charge in [-0.1, -0.05) is 132 Å². The van der Waals surface area contributed by atoms with Crippen LogP contribution >= 0.6 is 0 Å². The summed E-state index contributed by atoms with van der Waals surface area (Å²) in [6.07, 6.45) is 8.37. The van der Waals surface area contributed by atoms with Gasteiger partial charge < -0.3 is 4.90 Å². The van der Waals surface area contributed by atoms with Crippen molar-refractivity contribution in [3.8, 4) is 22.3 Å². The average molecular weight is 678 g/mol. The van der Waals surface area contributed by atoms with Gasteiger partial charge >= 0.3 is 0 Å². The predicted octanol–water partition coefficient (Wildman–Crippen LogP) is 14.0. The Hall–Kier alpha value is -4.62. The van der Waals surface area contributed by atoms with Crippen LogP contribution in [-0.4, -0.2) is 0 Å². The van der Waals surface area contributed by atoms with E-state index in [-0.39, 0.29) is 16.2 Å². The molecule has 1 heteroatoms. The van der Waals surface area contributed by atoms with Crippen molar-refractivity contribution in [2.75, 3.05) is 4.90 Å². The first kappa shape index (κ1) is 32.1. The fraction of sp³-hybridized carbons (Fsp3) is 0.333. The van der Waals surface area contributed by atoms with Crippen molar-refractivity contribution in [3.05, 3.63) is 150 Å². The Morgan fingerprint density at radius 3 is 1.75 bits per heavy atom. The zero-order valence-corrected chi connectivity index (χ0v) is 31.5. The number of anilines is 3. The summed E-state index contributed by atoms with van der Waals surface area (Å²) in [6.45, 7) is 11.9. The SMILES string of the molecule is CC(C)(C)c1ccccc1-c1cc2ccccc2cc1N(c1ccc2c(c1)C(C)(C)c1ccccc1-2)c1ccccc1C12CC3CC(CC(C3)C1)C2. The summed E-state index contributed by atoms with van der Waals surface area (Å²) >= 11 is 0. The number of hydrogen-bond donors (Lipinski definition) is 0. The molecule has 4 saturated carbocycles. The summed E-state index contributed by atoms with van der Waals surface area (Å²) in [4.78, 5) is 2.69. The third-order valence-corrected chi connectivity index (χ3v) is 13.7. The first-order chi connectivity index (χ1) is 25.1. The molecule has 5 aliphatic carbocycles. The Morgan fingerprint density at radius 1 is 0.500 bits per heavy atom. The van der Waals surface area contributed by atoms with E-state index in [1.54, 1.807) is 5.56 Å². The van der Waals surface area contributed by atoms with Crippen LogP contribution in [0.15, 0.2) is 127 Å². The van der Waals surface area contributed by atoms with E-state index in [9.17, 15) is 0 Å². The van der Waals surface area contributed by atoms with Crippen LogP contribution in [0.5, 0.6) is 0 Å². The molecule has 0 unspecified atom stereocenters. The fourth-order valence-electron chi connectivity index (χ4n) is 11.8. The largest absolute Gasteiger partial charge is 0.310 e. The fourth-order valence-corrected chi connectivity index (χ4v) is 11.8. The molecule has 0 amide bonds. The van der Waals surface area contributed by atoms with Gasteiger partial charge in [0, 0.05) is 22.4 Å². The highest BCUT2D eigenvalue weighted by atomic mass is 15.1. The average Bonchev–Trinajstić information content (AvgIpc) is 3.36. The summed E-state index contributed by atoms with van der Waals surface area (Å²) in [7, 11) is 0. The monoisotopic (exact) mass is 677 g/mol.